The Labute approximate surface area is 121 Å². The van der Waals surface area contributed by atoms with Crippen LogP contribution in [0, 0.1) is 5.82 Å². The molecule has 3 aromatic rings. The first-order valence-electron chi connectivity index (χ1n) is 6.40. The first-order valence-corrected chi connectivity index (χ1v) is 6.78. The van der Waals surface area contributed by atoms with Crippen LogP contribution in [0.5, 0.6) is 0 Å². The van der Waals surface area contributed by atoms with E-state index < -0.39 is 0 Å². The van der Waals surface area contributed by atoms with Gasteiger partial charge in [0, 0.05) is 29.2 Å². The average Bonchev–Trinajstić information content (AvgIpc) is 2.87. The lowest BCUT2D eigenvalue weighted by molar-refractivity contribution is 0.602. The SMILES string of the molecule is NCc1cccc2c1ccn2Cc1cccc(Cl)c1F. The fourth-order valence-electron chi connectivity index (χ4n) is 2.46. The van der Waals surface area contributed by atoms with Gasteiger partial charge in [0.15, 0.2) is 0 Å². The molecule has 0 amide bonds. The molecule has 1 aromatic heterocycles. The van der Waals surface area contributed by atoms with Gasteiger partial charge in [0.1, 0.15) is 5.82 Å². The zero-order chi connectivity index (χ0) is 14.1. The van der Waals surface area contributed by atoms with Gasteiger partial charge in [-0.2, -0.15) is 0 Å². The van der Waals surface area contributed by atoms with Crippen molar-refractivity contribution >= 4 is 22.5 Å². The topological polar surface area (TPSA) is 30.9 Å². The van der Waals surface area contributed by atoms with E-state index in [9.17, 15) is 4.39 Å². The molecule has 0 bridgehead atoms. The smallest absolute Gasteiger partial charge is 0.146 e. The predicted molar refractivity (Wildman–Crippen MR) is 80.3 cm³/mol. The molecule has 0 aliphatic rings. The molecule has 0 radical (unpaired) electrons. The summed E-state index contributed by atoms with van der Waals surface area (Å²) in [6, 6.07) is 13.1. The van der Waals surface area contributed by atoms with E-state index >= 15 is 0 Å². The molecule has 2 aromatic carbocycles. The standard InChI is InChI=1S/C16H14ClFN2/c17-14-5-1-4-12(16(14)18)10-20-8-7-13-11(9-19)3-2-6-15(13)20/h1-8H,9-10,19H2. The Bertz CT molecular complexity index is 764. The van der Waals surface area contributed by atoms with Gasteiger partial charge < -0.3 is 10.3 Å². The fourth-order valence-corrected chi connectivity index (χ4v) is 2.65. The Morgan fingerprint density at radius 2 is 1.80 bits per heavy atom. The Kier molecular flexibility index (Phi) is 3.47. The Balaban J connectivity index is 2.05. The van der Waals surface area contributed by atoms with Crippen LogP contribution in [0.4, 0.5) is 4.39 Å². The first-order chi connectivity index (χ1) is 9.70. The summed E-state index contributed by atoms with van der Waals surface area (Å²) in [5.41, 5.74) is 8.45. The zero-order valence-corrected chi connectivity index (χ0v) is 11.6. The zero-order valence-electron chi connectivity index (χ0n) is 10.8. The molecule has 0 aliphatic heterocycles. The summed E-state index contributed by atoms with van der Waals surface area (Å²) in [5.74, 6) is -0.356. The van der Waals surface area contributed by atoms with E-state index in [0.717, 1.165) is 16.5 Å². The molecule has 20 heavy (non-hydrogen) atoms. The van der Waals surface area contributed by atoms with Crippen molar-refractivity contribution in [2.75, 3.05) is 0 Å². The molecule has 4 heteroatoms. The van der Waals surface area contributed by atoms with E-state index in [4.69, 9.17) is 17.3 Å². The fraction of sp³-hybridized carbons (Fsp3) is 0.125. The van der Waals surface area contributed by atoms with E-state index in [1.165, 1.54) is 0 Å². The molecule has 0 atom stereocenters. The molecule has 0 fully saturated rings. The molecule has 0 spiro atoms. The molecule has 0 saturated heterocycles. The van der Waals surface area contributed by atoms with Gasteiger partial charge in [-0.05, 0) is 23.8 Å². The number of benzene rings is 2. The quantitative estimate of drug-likeness (QED) is 0.777. The highest BCUT2D eigenvalue weighted by molar-refractivity contribution is 6.30. The third-order valence-corrected chi connectivity index (χ3v) is 3.79. The van der Waals surface area contributed by atoms with Crippen molar-refractivity contribution in [2.24, 2.45) is 5.73 Å². The lowest BCUT2D eigenvalue weighted by Crippen LogP contribution is -2.01. The largest absolute Gasteiger partial charge is 0.343 e. The van der Waals surface area contributed by atoms with E-state index in [1.54, 1.807) is 18.2 Å². The summed E-state index contributed by atoms with van der Waals surface area (Å²) in [5, 5.41) is 1.26. The lowest BCUT2D eigenvalue weighted by atomic mass is 10.1. The maximum atomic E-state index is 14.0. The number of halogens is 2. The molecule has 3 rings (SSSR count). The van der Waals surface area contributed by atoms with E-state index in [-0.39, 0.29) is 10.8 Å². The molecular weight excluding hydrogens is 275 g/mol. The summed E-state index contributed by atoms with van der Waals surface area (Å²) < 4.78 is 16.0. The van der Waals surface area contributed by atoms with Crippen LogP contribution in [0.3, 0.4) is 0 Å². The van der Waals surface area contributed by atoms with Crippen LogP contribution in [0.15, 0.2) is 48.7 Å². The summed E-state index contributed by atoms with van der Waals surface area (Å²) in [4.78, 5) is 0. The van der Waals surface area contributed by atoms with Crippen LogP contribution in [0.2, 0.25) is 5.02 Å². The number of nitrogens with two attached hydrogens (primary N) is 1. The molecule has 0 unspecified atom stereocenters. The van der Waals surface area contributed by atoms with Crippen LogP contribution >= 0.6 is 11.6 Å². The molecule has 1 heterocycles. The van der Waals surface area contributed by atoms with Gasteiger partial charge in [-0.1, -0.05) is 35.9 Å². The van der Waals surface area contributed by atoms with Crippen molar-refractivity contribution in [3.63, 3.8) is 0 Å². The monoisotopic (exact) mass is 288 g/mol. The molecule has 0 saturated carbocycles. The predicted octanol–water partition coefficient (Wildman–Crippen LogP) is 3.94. The van der Waals surface area contributed by atoms with E-state index in [1.807, 2.05) is 35.0 Å². The number of nitrogens with zero attached hydrogens (tertiary/aromatic N) is 1. The third-order valence-electron chi connectivity index (χ3n) is 3.50. The summed E-state index contributed by atoms with van der Waals surface area (Å²) in [6.07, 6.45) is 1.95. The van der Waals surface area contributed by atoms with Crippen molar-refractivity contribution in [3.8, 4) is 0 Å². The molecule has 0 aliphatic carbocycles. The minimum atomic E-state index is -0.356. The number of aromatic nitrogens is 1. The summed E-state index contributed by atoms with van der Waals surface area (Å²) >= 11 is 5.82. The van der Waals surface area contributed by atoms with Crippen molar-refractivity contribution in [1.29, 1.82) is 0 Å². The maximum absolute atomic E-state index is 14.0. The Morgan fingerprint density at radius 1 is 1.05 bits per heavy atom. The highest BCUT2D eigenvalue weighted by Crippen LogP contribution is 2.23. The van der Waals surface area contributed by atoms with Gasteiger partial charge in [-0.25, -0.2) is 4.39 Å². The minimum Gasteiger partial charge on any atom is -0.343 e. The lowest BCUT2D eigenvalue weighted by Gasteiger charge is -2.08. The highest BCUT2D eigenvalue weighted by Gasteiger charge is 2.09. The van der Waals surface area contributed by atoms with Gasteiger partial charge in [-0.15, -0.1) is 0 Å². The average molecular weight is 289 g/mol. The Morgan fingerprint density at radius 3 is 2.60 bits per heavy atom. The minimum absolute atomic E-state index is 0.154. The van der Waals surface area contributed by atoms with Crippen molar-refractivity contribution in [3.05, 3.63) is 70.6 Å². The van der Waals surface area contributed by atoms with Gasteiger partial charge >= 0.3 is 0 Å². The molecular formula is C16H14ClFN2. The van der Waals surface area contributed by atoms with E-state index in [0.29, 0.717) is 18.7 Å². The van der Waals surface area contributed by atoms with Crippen LogP contribution in [-0.4, -0.2) is 4.57 Å². The number of rotatable bonds is 3. The summed E-state index contributed by atoms with van der Waals surface area (Å²) in [6.45, 7) is 0.941. The van der Waals surface area contributed by atoms with Crippen LogP contribution in [0.25, 0.3) is 10.9 Å². The molecule has 2 nitrogen and oxygen atoms in total. The normalized spacial score (nSPS) is 11.2. The maximum Gasteiger partial charge on any atom is 0.146 e. The second-order valence-corrected chi connectivity index (χ2v) is 5.12. The van der Waals surface area contributed by atoms with Crippen molar-refractivity contribution in [2.45, 2.75) is 13.1 Å². The number of hydrogen-bond donors (Lipinski definition) is 1. The Hall–Kier alpha value is -1.84. The van der Waals surface area contributed by atoms with Crippen LogP contribution in [0.1, 0.15) is 11.1 Å². The van der Waals surface area contributed by atoms with Gasteiger partial charge in [-0.3, -0.25) is 0 Å². The second kappa shape index (κ2) is 5.27. The van der Waals surface area contributed by atoms with Gasteiger partial charge in [0.2, 0.25) is 0 Å². The van der Waals surface area contributed by atoms with Crippen LogP contribution < -0.4 is 5.73 Å². The third kappa shape index (κ3) is 2.19. The number of hydrogen-bond acceptors (Lipinski definition) is 1. The van der Waals surface area contributed by atoms with E-state index in [2.05, 4.69) is 0 Å². The van der Waals surface area contributed by atoms with Crippen LogP contribution in [-0.2, 0) is 13.1 Å². The van der Waals surface area contributed by atoms with Gasteiger partial charge in [0.25, 0.3) is 0 Å². The second-order valence-electron chi connectivity index (χ2n) is 4.71. The molecule has 102 valence electrons. The number of fused-ring (bicyclic) bond motifs is 1. The first kappa shape index (κ1) is 13.2. The van der Waals surface area contributed by atoms with Crippen molar-refractivity contribution < 1.29 is 4.39 Å². The summed E-state index contributed by atoms with van der Waals surface area (Å²) in [7, 11) is 0. The van der Waals surface area contributed by atoms with Gasteiger partial charge in [0.05, 0.1) is 11.6 Å². The highest BCUT2D eigenvalue weighted by atomic mass is 35.5. The molecule has 2 N–H and O–H groups in total. The van der Waals surface area contributed by atoms with Crippen molar-refractivity contribution in [1.82, 2.24) is 4.57 Å².